The van der Waals surface area contributed by atoms with Crippen molar-refractivity contribution in [2.75, 3.05) is 39.8 Å². The van der Waals surface area contributed by atoms with Gasteiger partial charge in [-0.2, -0.15) is 0 Å². The van der Waals surface area contributed by atoms with E-state index in [2.05, 4.69) is 0 Å². The molecule has 1 saturated heterocycles. The van der Waals surface area contributed by atoms with E-state index < -0.39 is 0 Å². The maximum absolute atomic E-state index is 12.5. The molecule has 0 aliphatic carbocycles. The van der Waals surface area contributed by atoms with Gasteiger partial charge in [0, 0.05) is 18.7 Å². The SMILES string of the molecule is COc1ccc(C(=O)N2CCOC(CCl)C2)cc1OC. The summed E-state index contributed by atoms with van der Waals surface area (Å²) in [4.78, 5) is 14.2. The van der Waals surface area contributed by atoms with Gasteiger partial charge in [0.05, 0.1) is 32.8 Å². The second-order valence-electron chi connectivity index (χ2n) is 4.47. The Labute approximate surface area is 123 Å². The van der Waals surface area contributed by atoms with E-state index in [4.69, 9.17) is 25.8 Å². The highest BCUT2D eigenvalue weighted by atomic mass is 35.5. The molecule has 0 N–H and O–H groups in total. The van der Waals surface area contributed by atoms with Crippen molar-refractivity contribution in [3.05, 3.63) is 23.8 Å². The molecule has 0 spiro atoms. The Hall–Kier alpha value is -1.46. The van der Waals surface area contributed by atoms with E-state index in [0.29, 0.717) is 42.6 Å². The lowest BCUT2D eigenvalue weighted by Gasteiger charge is -2.32. The van der Waals surface area contributed by atoms with Gasteiger partial charge in [-0.05, 0) is 18.2 Å². The molecular formula is C14H18ClNO4. The van der Waals surface area contributed by atoms with Crippen molar-refractivity contribution in [2.45, 2.75) is 6.10 Å². The Bertz CT molecular complexity index is 480. The lowest BCUT2D eigenvalue weighted by Crippen LogP contribution is -2.46. The Kier molecular flexibility index (Phi) is 5.09. The van der Waals surface area contributed by atoms with Crippen LogP contribution in [0, 0.1) is 0 Å². The van der Waals surface area contributed by atoms with Gasteiger partial charge in [0.1, 0.15) is 0 Å². The molecule has 1 atom stereocenters. The van der Waals surface area contributed by atoms with Crippen molar-refractivity contribution in [1.29, 1.82) is 0 Å². The summed E-state index contributed by atoms with van der Waals surface area (Å²) < 4.78 is 15.8. The fourth-order valence-corrected chi connectivity index (χ4v) is 2.34. The van der Waals surface area contributed by atoms with Crippen LogP contribution in [-0.4, -0.2) is 56.7 Å². The number of carbonyl (C=O) groups is 1. The zero-order valence-corrected chi connectivity index (χ0v) is 12.4. The maximum atomic E-state index is 12.5. The van der Waals surface area contributed by atoms with E-state index in [9.17, 15) is 4.79 Å². The number of ether oxygens (including phenoxy) is 3. The molecule has 0 saturated carbocycles. The standard InChI is InChI=1S/C14H18ClNO4/c1-18-12-4-3-10(7-13(12)19-2)14(17)16-5-6-20-11(8-15)9-16/h3-4,7,11H,5-6,8-9H2,1-2H3. The smallest absolute Gasteiger partial charge is 0.254 e. The third kappa shape index (κ3) is 3.16. The quantitative estimate of drug-likeness (QED) is 0.795. The molecule has 0 bridgehead atoms. The second kappa shape index (κ2) is 6.81. The van der Waals surface area contributed by atoms with Crippen molar-refractivity contribution in [3.8, 4) is 11.5 Å². The van der Waals surface area contributed by atoms with Gasteiger partial charge in [-0.3, -0.25) is 4.79 Å². The van der Waals surface area contributed by atoms with E-state index in [0.717, 1.165) is 0 Å². The number of hydrogen-bond acceptors (Lipinski definition) is 4. The number of methoxy groups -OCH3 is 2. The molecule has 1 unspecified atom stereocenters. The molecule has 1 fully saturated rings. The van der Waals surface area contributed by atoms with Gasteiger partial charge < -0.3 is 19.1 Å². The van der Waals surface area contributed by atoms with Crippen LogP contribution in [-0.2, 0) is 4.74 Å². The predicted molar refractivity (Wildman–Crippen MR) is 75.9 cm³/mol. The molecule has 1 amide bonds. The van der Waals surface area contributed by atoms with Crippen LogP contribution in [0.25, 0.3) is 0 Å². The van der Waals surface area contributed by atoms with Crippen LogP contribution in [0.15, 0.2) is 18.2 Å². The number of nitrogens with zero attached hydrogens (tertiary/aromatic N) is 1. The number of carbonyl (C=O) groups excluding carboxylic acids is 1. The molecule has 0 aromatic heterocycles. The zero-order chi connectivity index (χ0) is 14.5. The minimum atomic E-state index is -0.102. The predicted octanol–water partition coefficient (Wildman–Crippen LogP) is 1.78. The maximum Gasteiger partial charge on any atom is 0.254 e. The minimum Gasteiger partial charge on any atom is -0.493 e. The van der Waals surface area contributed by atoms with Crippen LogP contribution >= 0.6 is 11.6 Å². The summed E-state index contributed by atoms with van der Waals surface area (Å²) in [6.45, 7) is 1.59. The van der Waals surface area contributed by atoms with E-state index in [1.807, 2.05) is 0 Å². The molecule has 6 heteroatoms. The first kappa shape index (κ1) is 14.9. The molecule has 5 nitrogen and oxygen atoms in total. The van der Waals surface area contributed by atoms with Crippen LogP contribution in [0.3, 0.4) is 0 Å². The van der Waals surface area contributed by atoms with Gasteiger partial charge in [-0.1, -0.05) is 0 Å². The van der Waals surface area contributed by atoms with Gasteiger partial charge in [0.15, 0.2) is 11.5 Å². The average molecular weight is 300 g/mol. The van der Waals surface area contributed by atoms with E-state index in [1.165, 1.54) is 0 Å². The Balaban J connectivity index is 2.16. The molecule has 1 aliphatic rings. The largest absolute Gasteiger partial charge is 0.493 e. The zero-order valence-electron chi connectivity index (χ0n) is 11.6. The van der Waals surface area contributed by atoms with Gasteiger partial charge in [-0.25, -0.2) is 0 Å². The summed E-state index contributed by atoms with van der Waals surface area (Å²) in [5.41, 5.74) is 0.567. The fraction of sp³-hybridized carbons (Fsp3) is 0.500. The van der Waals surface area contributed by atoms with Crippen molar-refractivity contribution in [1.82, 2.24) is 4.90 Å². The third-order valence-electron chi connectivity index (χ3n) is 3.23. The van der Waals surface area contributed by atoms with E-state index in [-0.39, 0.29) is 12.0 Å². The lowest BCUT2D eigenvalue weighted by atomic mass is 10.1. The van der Waals surface area contributed by atoms with Crippen LogP contribution in [0.2, 0.25) is 0 Å². The Morgan fingerprint density at radius 3 is 2.80 bits per heavy atom. The van der Waals surface area contributed by atoms with Crippen LogP contribution in [0.1, 0.15) is 10.4 Å². The van der Waals surface area contributed by atoms with E-state index >= 15 is 0 Å². The highest BCUT2D eigenvalue weighted by molar-refractivity contribution is 6.18. The fourth-order valence-electron chi connectivity index (χ4n) is 2.15. The minimum absolute atomic E-state index is 0.0515. The number of alkyl halides is 1. The average Bonchev–Trinajstić information content (AvgIpc) is 2.53. The number of benzene rings is 1. The van der Waals surface area contributed by atoms with Crippen molar-refractivity contribution < 1.29 is 19.0 Å². The highest BCUT2D eigenvalue weighted by Crippen LogP contribution is 2.28. The number of amides is 1. The third-order valence-corrected chi connectivity index (χ3v) is 3.57. The van der Waals surface area contributed by atoms with Gasteiger partial charge in [0.2, 0.25) is 0 Å². The number of halogens is 1. The van der Waals surface area contributed by atoms with Gasteiger partial charge in [0.25, 0.3) is 5.91 Å². The molecule has 20 heavy (non-hydrogen) atoms. The van der Waals surface area contributed by atoms with Crippen LogP contribution in [0.5, 0.6) is 11.5 Å². The van der Waals surface area contributed by atoms with Gasteiger partial charge in [-0.15, -0.1) is 11.6 Å². The molecule has 110 valence electrons. The van der Waals surface area contributed by atoms with Crippen LogP contribution < -0.4 is 9.47 Å². The van der Waals surface area contributed by atoms with Crippen molar-refractivity contribution >= 4 is 17.5 Å². The first-order valence-corrected chi connectivity index (χ1v) is 6.92. The summed E-state index contributed by atoms with van der Waals surface area (Å²) in [6.07, 6.45) is -0.102. The molecule has 1 aromatic rings. The summed E-state index contributed by atoms with van der Waals surface area (Å²) in [5, 5.41) is 0. The van der Waals surface area contributed by atoms with Crippen molar-refractivity contribution in [3.63, 3.8) is 0 Å². The Morgan fingerprint density at radius 1 is 1.40 bits per heavy atom. The number of morpholine rings is 1. The normalized spacial score (nSPS) is 18.8. The molecule has 0 radical (unpaired) electrons. The molecule has 1 aliphatic heterocycles. The van der Waals surface area contributed by atoms with Crippen molar-refractivity contribution in [2.24, 2.45) is 0 Å². The summed E-state index contributed by atoms with van der Waals surface area (Å²) in [7, 11) is 3.11. The highest BCUT2D eigenvalue weighted by Gasteiger charge is 2.25. The first-order valence-electron chi connectivity index (χ1n) is 6.38. The molecule has 2 rings (SSSR count). The Morgan fingerprint density at radius 2 is 2.15 bits per heavy atom. The first-order chi connectivity index (χ1) is 9.69. The number of hydrogen-bond donors (Lipinski definition) is 0. The van der Waals surface area contributed by atoms with E-state index in [1.54, 1.807) is 37.3 Å². The van der Waals surface area contributed by atoms with Gasteiger partial charge >= 0.3 is 0 Å². The molecule has 1 heterocycles. The summed E-state index contributed by atoms with van der Waals surface area (Å²) in [5.74, 6) is 1.48. The number of rotatable bonds is 4. The lowest BCUT2D eigenvalue weighted by molar-refractivity contribution is -0.0108. The molecule has 1 aromatic carbocycles. The topological polar surface area (TPSA) is 48.0 Å². The summed E-state index contributed by atoms with van der Waals surface area (Å²) in [6, 6.07) is 5.15. The second-order valence-corrected chi connectivity index (χ2v) is 4.78. The monoisotopic (exact) mass is 299 g/mol. The van der Waals surface area contributed by atoms with Crippen LogP contribution in [0.4, 0.5) is 0 Å². The molecular weight excluding hydrogens is 282 g/mol. The summed E-state index contributed by atoms with van der Waals surface area (Å²) >= 11 is 5.78.